The molecule has 1 aliphatic rings. The largest absolute Gasteiger partial charge is 0.479 e. The van der Waals surface area contributed by atoms with E-state index in [-0.39, 0.29) is 16.7 Å². The van der Waals surface area contributed by atoms with Crippen molar-refractivity contribution in [3.8, 4) is 5.88 Å². The first-order valence-electron chi connectivity index (χ1n) is 10.6. The molecule has 1 aliphatic carbocycles. The molecule has 1 aromatic heterocycles. The number of hydrogen-bond donors (Lipinski definition) is 2. The molecule has 0 bridgehead atoms. The van der Waals surface area contributed by atoms with Crippen LogP contribution >= 0.6 is 11.3 Å². The number of benzene rings is 1. The van der Waals surface area contributed by atoms with E-state index in [4.69, 9.17) is 9.84 Å². The van der Waals surface area contributed by atoms with E-state index in [0.29, 0.717) is 23.9 Å². The summed E-state index contributed by atoms with van der Waals surface area (Å²) in [4.78, 5) is 28.8. The van der Waals surface area contributed by atoms with Gasteiger partial charge in [-0.3, -0.25) is 4.79 Å². The predicted octanol–water partition coefficient (Wildman–Crippen LogP) is 4.09. The Labute approximate surface area is 191 Å². The number of aromatic nitrogens is 1. The molecule has 0 radical (unpaired) electrons. The van der Waals surface area contributed by atoms with Crippen LogP contribution in [0.3, 0.4) is 0 Å². The minimum Gasteiger partial charge on any atom is -0.479 e. The van der Waals surface area contributed by atoms with E-state index in [2.05, 4.69) is 10.3 Å². The number of aliphatic carboxylic acids is 1. The van der Waals surface area contributed by atoms with E-state index in [1.54, 1.807) is 24.4 Å². The molecule has 0 saturated heterocycles. The van der Waals surface area contributed by atoms with Gasteiger partial charge in [0.15, 0.2) is 21.1 Å². The van der Waals surface area contributed by atoms with Crippen LogP contribution in [0.5, 0.6) is 5.88 Å². The smallest absolute Gasteiger partial charge is 0.344 e. The second kappa shape index (κ2) is 10.4. The lowest BCUT2D eigenvalue weighted by atomic mass is 9.87. The number of nitrogens with one attached hydrogen (secondary N) is 1. The highest BCUT2D eigenvalue weighted by Gasteiger charge is 2.28. The molecule has 8 nitrogen and oxygen atoms in total. The van der Waals surface area contributed by atoms with E-state index < -0.39 is 27.8 Å². The van der Waals surface area contributed by atoms with Gasteiger partial charge in [-0.05, 0) is 36.5 Å². The number of sulfone groups is 1. The molecule has 2 N–H and O–H groups in total. The highest BCUT2D eigenvalue weighted by Crippen LogP contribution is 2.35. The molecule has 1 heterocycles. The van der Waals surface area contributed by atoms with Crippen LogP contribution in [-0.4, -0.2) is 42.7 Å². The molecule has 3 rings (SSSR count). The van der Waals surface area contributed by atoms with Gasteiger partial charge in [-0.2, -0.15) is 4.98 Å². The van der Waals surface area contributed by atoms with Gasteiger partial charge >= 0.3 is 5.97 Å². The van der Waals surface area contributed by atoms with Gasteiger partial charge in [0, 0.05) is 6.26 Å². The molecule has 0 aliphatic heterocycles. The molecule has 0 spiro atoms. The second-order valence-corrected chi connectivity index (χ2v) is 11.0. The molecule has 2 atom stereocenters. The average Bonchev–Trinajstić information content (AvgIpc) is 3.41. The maximum absolute atomic E-state index is 13.2. The van der Waals surface area contributed by atoms with Crippen molar-refractivity contribution in [2.75, 3.05) is 11.6 Å². The Morgan fingerprint density at radius 1 is 1.25 bits per heavy atom. The Kier molecular flexibility index (Phi) is 7.89. The normalized spacial score (nSPS) is 16.4. The summed E-state index contributed by atoms with van der Waals surface area (Å²) < 4.78 is 28.9. The minimum absolute atomic E-state index is 0.157. The van der Waals surface area contributed by atoms with Crippen molar-refractivity contribution in [2.45, 2.75) is 62.4 Å². The van der Waals surface area contributed by atoms with Crippen LogP contribution in [0, 0.1) is 5.92 Å². The minimum atomic E-state index is -3.32. The maximum atomic E-state index is 13.2. The van der Waals surface area contributed by atoms with Gasteiger partial charge in [0.2, 0.25) is 11.8 Å². The molecule has 1 aromatic carbocycles. The van der Waals surface area contributed by atoms with E-state index in [9.17, 15) is 18.0 Å². The van der Waals surface area contributed by atoms with Crippen molar-refractivity contribution in [1.82, 2.24) is 4.98 Å². The number of hydrogen-bond acceptors (Lipinski definition) is 7. The number of carboxylic acid groups (broad SMARTS) is 1. The zero-order valence-electron chi connectivity index (χ0n) is 18.1. The van der Waals surface area contributed by atoms with Crippen LogP contribution in [0.25, 0.3) is 0 Å². The number of anilines is 1. The SMILES string of the molecule is CCC(Oc1csc(NC(=O)C(CC2CCCC2)c2ccc(S(C)(=O)=O)cc2)n1)C(=O)O. The number of carboxylic acids is 1. The summed E-state index contributed by atoms with van der Waals surface area (Å²) in [6.07, 6.45) is 5.59. The van der Waals surface area contributed by atoms with Crippen molar-refractivity contribution < 1.29 is 27.9 Å². The van der Waals surface area contributed by atoms with Gasteiger partial charge in [-0.25, -0.2) is 13.2 Å². The third kappa shape index (κ3) is 6.29. The number of carbonyl (C=O) groups excluding carboxylic acids is 1. The predicted molar refractivity (Wildman–Crippen MR) is 122 cm³/mol. The Balaban J connectivity index is 1.76. The van der Waals surface area contributed by atoms with Crippen molar-refractivity contribution in [3.63, 3.8) is 0 Å². The van der Waals surface area contributed by atoms with Crippen molar-refractivity contribution in [3.05, 3.63) is 35.2 Å². The standard InChI is InChI=1S/C22H28N2O6S2/c1-3-18(21(26)27)30-19-13-31-22(23-19)24-20(25)17(12-14-6-4-5-7-14)15-8-10-16(11-9-15)32(2,28)29/h8-11,13-14,17-18H,3-7,12H2,1-2H3,(H,26,27)(H,23,24,25). The number of amides is 1. The fraction of sp³-hybridized carbons (Fsp3) is 0.500. The van der Waals surface area contributed by atoms with Crippen LogP contribution < -0.4 is 10.1 Å². The van der Waals surface area contributed by atoms with E-state index in [1.807, 2.05) is 0 Å². The van der Waals surface area contributed by atoms with Crippen LogP contribution in [0.2, 0.25) is 0 Å². The lowest BCUT2D eigenvalue weighted by molar-refractivity contribution is -0.145. The number of carbonyl (C=O) groups is 2. The van der Waals surface area contributed by atoms with Crippen LogP contribution in [0.4, 0.5) is 5.13 Å². The van der Waals surface area contributed by atoms with E-state index >= 15 is 0 Å². The molecule has 1 fully saturated rings. The first kappa shape index (κ1) is 24.2. The Morgan fingerprint density at radius 2 is 1.91 bits per heavy atom. The summed E-state index contributed by atoms with van der Waals surface area (Å²) in [5, 5.41) is 13.8. The maximum Gasteiger partial charge on any atom is 0.344 e. The third-order valence-electron chi connectivity index (χ3n) is 5.69. The molecular formula is C22H28N2O6S2. The molecule has 1 saturated carbocycles. The van der Waals surface area contributed by atoms with Gasteiger partial charge in [0.05, 0.1) is 16.2 Å². The summed E-state index contributed by atoms with van der Waals surface area (Å²) >= 11 is 1.16. The molecule has 32 heavy (non-hydrogen) atoms. The third-order valence-corrected chi connectivity index (χ3v) is 7.56. The quantitative estimate of drug-likeness (QED) is 0.525. The molecule has 2 unspecified atom stereocenters. The molecule has 1 amide bonds. The fourth-order valence-electron chi connectivity index (χ4n) is 3.94. The number of nitrogens with zero attached hydrogens (tertiary/aromatic N) is 1. The molecule has 2 aromatic rings. The van der Waals surface area contributed by atoms with Gasteiger partial charge in [0.25, 0.3) is 0 Å². The van der Waals surface area contributed by atoms with Crippen molar-refractivity contribution in [1.29, 1.82) is 0 Å². The number of ether oxygens (including phenoxy) is 1. The second-order valence-electron chi connectivity index (χ2n) is 8.11. The average molecular weight is 481 g/mol. The van der Waals surface area contributed by atoms with Crippen LogP contribution in [0.1, 0.15) is 56.9 Å². The number of rotatable bonds is 10. The Hall–Kier alpha value is -2.46. The Morgan fingerprint density at radius 3 is 2.47 bits per heavy atom. The van der Waals surface area contributed by atoms with Gasteiger partial charge in [-0.1, -0.05) is 44.7 Å². The molecule has 174 valence electrons. The van der Waals surface area contributed by atoms with E-state index in [0.717, 1.165) is 48.8 Å². The fourth-order valence-corrected chi connectivity index (χ4v) is 5.19. The van der Waals surface area contributed by atoms with Crippen molar-refractivity contribution >= 4 is 38.2 Å². The van der Waals surface area contributed by atoms with Crippen molar-refractivity contribution in [2.24, 2.45) is 5.92 Å². The first-order valence-corrected chi connectivity index (χ1v) is 13.4. The summed E-state index contributed by atoms with van der Waals surface area (Å²) in [6, 6.07) is 6.47. The highest BCUT2D eigenvalue weighted by atomic mass is 32.2. The van der Waals surface area contributed by atoms with E-state index in [1.165, 1.54) is 12.1 Å². The lowest BCUT2D eigenvalue weighted by Crippen LogP contribution is -2.26. The topological polar surface area (TPSA) is 123 Å². The lowest BCUT2D eigenvalue weighted by Gasteiger charge is -2.20. The van der Waals surface area contributed by atoms with Gasteiger partial charge < -0.3 is 15.2 Å². The zero-order valence-corrected chi connectivity index (χ0v) is 19.7. The summed E-state index contributed by atoms with van der Waals surface area (Å²) in [5.74, 6) is -1.14. The summed E-state index contributed by atoms with van der Waals surface area (Å²) in [7, 11) is -3.32. The first-order chi connectivity index (χ1) is 15.2. The molecular weight excluding hydrogens is 452 g/mol. The summed E-state index contributed by atoms with van der Waals surface area (Å²) in [6.45, 7) is 1.70. The van der Waals surface area contributed by atoms with Gasteiger partial charge in [-0.15, -0.1) is 11.3 Å². The highest BCUT2D eigenvalue weighted by molar-refractivity contribution is 7.90. The summed E-state index contributed by atoms with van der Waals surface area (Å²) in [5.41, 5.74) is 0.756. The van der Waals surface area contributed by atoms with Crippen LogP contribution in [0.15, 0.2) is 34.5 Å². The number of thiazole rings is 1. The zero-order chi connectivity index (χ0) is 23.3. The Bertz CT molecular complexity index is 1040. The monoisotopic (exact) mass is 480 g/mol. The molecule has 10 heteroatoms. The van der Waals surface area contributed by atoms with Gasteiger partial charge in [0.1, 0.15) is 0 Å². The van der Waals surface area contributed by atoms with Crippen LogP contribution in [-0.2, 0) is 19.4 Å².